The second-order valence-electron chi connectivity index (χ2n) is 5.46. The molecule has 1 fully saturated rings. The van der Waals surface area contributed by atoms with Gasteiger partial charge in [-0.15, -0.1) is 0 Å². The van der Waals surface area contributed by atoms with Gasteiger partial charge in [-0.25, -0.2) is 9.78 Å². The van der Waals surface area contributed by atoms with Crippen LogP contribution in [0, 0.1) is 5.95 Å². The first-order valence-electron chi connectivity index (χ1n) is 7.61. The molecule has 0 aliphatic heterocycles. The van der Waals surface area contributed by atoms with Crippen LogP contribution < -0.4 is 5.43 Å². The zero-order chi connectivity index (χ0) is 16.6. The van der Waals surface area contributed by atoms with Gasteiger partial charge in [0.1, 0.15) is 5.56 Å². The fraction of sp³-hybridized carbons (Fsp3) is 0.353. The Labute approximate surface area is 132 Å². The highest BCUT2D eigenvalue weighted by atomic mass is 19.1. The molecule has 1 aliphatic carbocycles. The van der Waals surface area contributed by atoms with Crippen LogP contribution in [0.15, 0.2) is 23.3 Å². The zero-order valence-electron chi connectivity index (χ0n) is 13.0. The molecule has 2 aromatic heterocycles. The van der Waals surface area contributed by atoms with Crippen LogP contribution in [0.25, 0.3) is 17.0 Å². The second kappa shape index (κ2) is 5.95. The van der Waals surface area contributed by atoms with Crippen molar-refractivity contribution in [2.24, 2.45) is 0 Å². The molecular formula is C17H17FN2O3. The number of carbonyl (C=O) groups excluding carboxylic acids is 1. The maximum Gasteiger partial charge on any atom is 0.343 e. The van der Waals surface area contributed by atoms with Crippen molar-refractivity contribution in [2.75, 3.05) is 6.61 Å². The molecule has 0 atom stereocenters. The van der Waals surface area contributed by atoms with E-state index in [1.54, 1.807) is 26.0 Å². The first-order chi connectivity index (χ1) is 11.1. The van der Waals surface area contributed by atoms with Crippen LogP contribution in [0.3, 0.4) is 0 Å². The van der Waals surface area contributed by atoms with Crippen LogP contribution in [-0.4, -0.2) is 22.1 Å². The summed E-state index contributed by atoms with van der Waals surface area (Å²) >= 11 is 0. The number of nitrogens with zero attached hydrogens (tertiary/aromatic N) is 2. The summed E-state index contributed by atoms with van der Waals surface area (Å²) in [5, 5.41) is 0.233. The molecule has 0 unspecified atom stereocenters. The standard InChI is InChI=1S/C17H17FN2O3/c1-3-5-11-14-12(8-19-16(11)18)15(21)13(17(22)23-4-2)9-20(14)10-6-7-10/h3,5,8-10H,4,6-7H2,1-2H3/b5-3-. The van der Waals surface area contributed by atoms with Crippen molar-refractivity contribution in [3.05, 3.63) is 45.8 Å². The SMILES string of the molecule is C/C=C\c1c(F)ncc2c(=O)c(C(=O)OCC)cn(C3CC3)c12. The Morgan fingerprint density at radius 2 is 2.26 bits per heavy atom. The van der Waals surface area contributed by atoms with Crippen LogP contribution in [0.1, 0.15) is 48.7 Å². The van der Waals surface area contributed by atoms with Crippen molar-refractivity contribution in [2.45, 2.75) is 32.7 Å². The van der Waals surface area contributed by atoms with E-state index in [0.717, 1.165) is 12.8 Å². The van der Waals surface area contributed by atoms with Crippen molar-refractivity contribution in [1.29, 1.82) is 0 Å². The van der Waals surface area contributed by atoms with Gasteiger partial charge in [0, 0.05) is 18.4 Å². The number of carbonyl (C=O) groups is 1. The van der Waals surface area contributed by atoms with E-state index in [4.69, 9.17) is 4.74 Å². The average molecular weight is 316 g/mol. The molecule has 0 saturated heterocycles. The van der Waals surface area contributed by atoms with E-state index in [1.165, 1.54) is 12.4 Å². The Morgan fingerprint density at radius 1 is 1.52 bits per heavy atom. The summed E-state index contributed by atoms with van der Waals surface area (Å²) in [6.07, 6.45) is 7.83. The Kier molecular flexibility index (Phi) is 3.98. The smallest absolute Gasteiger partial charge is 0.343 e. The van der Waals surface area contributed by atoms with E-state index < -0.39 is 17.3 Å². The molecule has 5 nitrogen and oxygen atoms in total. The predicted molar refractivity (Wildman–Crippen MR) is 84.9 cm³/mol. The maximum absolute atomic E-state index is 14.1. The van der Waals surface area contributed by atoms with Gasteiger partial charge in [0.2, 0.25) is 11.4 Å². The number of aromatic nitrogens is 2. The lowest BCUT2D eigenvalue weighted by atomic mass is 10.1. The van der Waals surface area contributed by atoms with Crippen molar-refractivity contribution in [1.82, 2.24) is 9.55 Å². The number of hydrogen-bond acceptors (Lipinski definition) is 4. The van der Waals surface area contributed by atoms with E-state index in [2.05, 4.69) is 4.98 Å². The lowest BCUT2D eigenvalue weighted by molar-refractivity contribution is 0.0524. The number of fused-ring (bicyclic) bond motifs is 1. The number of esters is 1. The molecule has 0 spiro atoms. The molecule has 1 aliphatic rings. The lowest BCUT2D eigenvalue weighted by Crippen LogP contribution is -2.21. The summed E-state index contributed by atoms with van der Waals surface area (Å²) < 4.78 is 20.9. The highest BCUT2D eigenvalue weighted by Crippen LogP contribution is 2.38. The fourth-order valence-corrected chi connectivity index (χ4v) is 2.66. The van der Waals surface area contributed by atoms with E-state index in [0.29, 0.717) is 5.52 Å². The number of halogens is 1. The first-order valence-corrected chi connectivity index (χ1v) is 7.61. The molecule has 0 bridgehead atoms. The van der Waals surface area contributed by atoms with E-state index in [1.807, 2.05) is 4.57 Å². The van der Waals surface area contributed by atoms with Gasteiger partial charge in [-0.1, -0.05) is 12.2 Å². The quantitative estimate of drug-likeness (QED) is 0.642. The number of ether oxygens (including phenoxy) is 1. The summed E-state index contributed by atoms with van der Waals surface area (Å²) in [6, 6.07) is 0.164. The minimum absolute atomic E-state index is 0.0360. The summed E-state index contributed by atoms with van der Waals surface area (Å²) in [7, 11) is 0. The van der Waals surface area contributed by atoms with Gasteiger partial charge in [-0.05, 0) is 26.7 Å². The van der Waals surface area contributed by atoms with Crippen LogP contribution >= 0.6 is 0 Å². The molecule has 1 saturated carbocycles. The van der Waals surface area contributed by atoms with Gasteiger partial charge in [0.05, 0.1) is 23.1 Å². The van der Waals surface area contributed by atoms with Crippen LogP contribution in [-0.2, 0) is 4.74 Å². The van der Waals surface area contributed by atoms with Crippen LogP contribution in [0.2, 0.25) is 0 Å². The monoisotopic (exact) mass is 316 g/mol. The van der Waals surface area contributed by atoms with Gasteiger partial charge in [0.15, 0.2) is 0 Å². The summed E-state index contributed by atoms with van der Waals surface area (Å²) in [5.74, 6) is -1.29. The third-order valence-corrected chi connectivity index (χ3v) is 3.82. The predicted octanol–water partition coefficient (Wildman–Crippen LogP) is 3.08. The van der Waals surface area contributed by atoms with E-state index >= 15 is 0 Å². The molecule has 2 heterocycles. The average Bonchev–Trinajstić information content (AvgIpc) is 3.35. The molecular weight excluding hydrogens is 299 g/mol. The molecule has 120 valence electrons. The van der Waals surface area contributed by atoms with Crippen molar-refractivity contribution in [3.63, 3.8) is 0 Å². The molecule has 0 aromatic carbocycles. The fourth-order valence-electron chi connectivity index (χ4n) is 2.66. The number of allylic oxidation sites excluding steroid dienone is 1. The lowest BCUT2D eigenvalue weighted by Gasteiger charge is -2.14. The zero-order valence-corrected chi connectivity index (χ0v) is 13.0. The third-order valence-electron chi connectivity index (χ3n) is 3.82. The van der Waals surface area contributed by atoms with E-state index in [9.17, 15) is 14.0 Å². The number of hydrogen-bond donors (Lipinski definition) is 0. The second-order valence-corrected chi connectivity index (χ2v) is 5.46. The molecule has 2 aromatic rings. The van der Waals surface area contributed by atoms with Crippen molar-refractivity contribution < 1.29 is 13.9 Å². The summed E-state index contributed by atoms with van der Waals surface area (Å²) in [4.78, 5) is 28.3. The molecule has 0 amide bonds. The normalized spacial score (nSPS) is 14.6. The number of rotatable bonds is 4. The minimum atomic E-state index is -0.661. The molecule has 6 heteroatoms. The van der Waals surface area contributed by atoms with Gasteiger partial charge >= 0.3 is 5.97 Å². The summed E-state index contributed by atoms with van der Waals surface area (Å²) in [6.45, 7) is 3.63. The minimum Gasteiger partial charge on any atom is -0.462 e. The van der Waals surface area contributed by atoms with Gasteiger partial charge in [0.25, 0.3) is 0 Å². The Balaban J connectivity index is 2.37. The van der Waals surface area contributed by atoms with Gasteiger partial charge < -0.3 is 9.30 Å². The Morgan fingerprint density at radius 3 is 2.87 bits per heavy atom. The molecule has 3 rings (SSSR count). The first kappa shape index (κ1) is 15.4. The molecule has 0 radical (unpaired) electrons. The van der Waals surface area contributed by atoms with Crippen molar-refractivity contribution in [3.8, 4) is 0 Å². The Bertz CT molecular complexity index is 866. The highest BCUT2D eigenvalue weighted by Gasteiger charge is 2.28. The third kappa shape index (κ3) is 2.65. The number of pyridine rings is 2. The summed E-state index contributed by atoms with van der Waals surface area (Å²) in [5.41, 5.74) is 0.236. The van der Waals surface area contributed by atoms with Crippen LogP contribution in [0.5, 0.6) is 0 Å². The molecule has 0 N–H and O–H groups in total. The largest absolute Gasteiger partial charge is 0.462 e. The highest BCUT2D eigenvalue weighted by molar-refractivity contribution is 5.95. The topological polar surface area (TPSA) is 61.2 Å². The maximum atomic E-state index is 14.1. The van der Waals surface area contributed by atoms with Crippen LogP contribution in [0.4, 0.5) is 4.39 Å². The van der Waals surface area contributed by atoms with Gasteiger partial charge in [-0.2, -0.15) is 4.39 Å². The molecule has 23 heavy (non-hydrogen) atoms. The van der Waals surface area contributed by atoms with E-state index in [-0.39, 0.29) is 29.2 Å². The Hall–Kier alpha value is -2.50. The van der Waals surface area contributed by atoms with Crippen molar-refractivity contribution >= 4 is 22.9 Å². The van der Waals surface area contributed by atoms with Gasteiger partial charge in [-0.3, -0.25) is 4.79 Å².